The minimum atomic E-state index is 0.284. The van der Waals surface area contributed by atoms with Crippen molar-refractivity contribution in [1.29, 1.82) is 0 Å². The van der Waals surface area contributed by atoms with E-state index >= 15 is 0 Å². The maximum atomic E-state index is 2.46. The molecule has 2 aliphatic rings. The number of hydrogen-bond donors (Lipinski definition) is 0. The molecule has 2 fully saturated rings. The van der Waals surface area contributed by atoms with Crippen molar-refractivity contribution in [3.05, 3.63) is 266 Å². The van der Waals surface area contributed by atoms with Crippen molar-refractivity contribution in [1.82, 2.24) is 0 Å². The van der Waals surface area contributed by atoms with Crippen molar-refractivity contribution in [3.8, 4) is 55.6 Å². The first kappa shape index (κ1) is 46.8. The molecule has 0 amide bonds. The molecule has 2 saturated carbocycles. The number of benzene rings is 10. The van der Waals surface area contributed by atoms with Crippen LogP contribution >= 0.6 is 0 Å². The lowest BCUT2D eigenvalue weighted by molar-refractivity contribution is 0.106. The molecule has 2 bridgehead atoms. The molecule has 0 heterocycles. The highest BCUT2D eigenvalue weighted by atomic mass is 15.1. The maximum Gasteiger partial charge on any atom is 0.0468 e. The van der Waals surface area contributed by atoms with Crippen LogP contribution in [-0.4, -0.2) is 0 Å². The normalized spacial score (nSPS) is 17.1. The van der Waals surface area contributed by atoms with Gasteiger partial charge in [0.25, 0.3) is 0 Å². The molecule has 2 unspecified atom stereocenters. The summed E-state index contributed by atoms with van der Waals surface area (Å²) in [5.74, 6) is 1.75. The molecule has 0 spiro atoms. The molecule has 0 N–H and O–H groups in total. The lowest BCUT2D eigenvalue weighted by Gasteiger charge is -2.47. The van der Waals surface area contributed by atoms with Gasteiger partial charge >= 0.3 is 0 Å². The topological polar surface area (TPSA) is 6.48 Å². The third-order valence-electron chi connectivity index (χ3n) is 16.4. The summed E-state index contributed by atoms with van der Waals surface area (Å²) in [6.07, 6.45) is 9.56. The quantitative estimate of drug-likeness (QED) is 0.114. The van der Waals surface area contributed by atoms with Gasteiger partial charge in [-0.3, -0.25) is 0 Å². The Bertz CT molecular complexity index is 3430. The van der Waals surface area contributed by atoms with Gasteiger partial charge in [-0.25, -0.2) is 0 Å². The van der Waals surface area contributed by atoms with Crippen molar-refractivity contribution < 1.29 is 0 Å². The van der Waals surface area contributed by atoms with Crippen LogP contribution in [0, 0.1) is 18.8 Å². The molecule has 0 aliphatic heterocycles. The first-order chi connectivity index (χ1) is 36.5. The molecule has 0 aromatic heterocycles. The lowest BCUT2D eigenvalue weighted by atomic mass is 9.57. The van der Waals surface area contributed by atoms with Crippen molar-refractivity contribution in [2.24, 2.45) is 11.8 Å². The molecule has 12 rings (SSSR count). The zero-order valence-electron chi connectivity index (χ0n) is 42.7. The summed E-state index contributed by atoms with van der Waals surface area (Å²) < 4.78 is 0. The van der Waals surface area contributed by atoms with Crippen LogP contribution in [0.5, 0.6) is 0 Å². The Labute approximate surface area is 439 Å². The van der Waals surface area contributed by atoms with Crippen molar-refractivity contribution in [2.75, 3.05) is 9.80 Å². The Hall–Kier alpha value is -8.20. The van der Waals surface area contributed by atoms with E-state index in [0.717, 1.165) is 40.3 Å². The second-order valence-electron chi connectivity index (χ2n) is 21.0. The summed E-state index contributed by atoms with van der Waals surface area (Å²) >= 11 is 0. The predicted octanol–water partition coefficient (Wildman–Crippen LogP) is 20.5. The number of fused-ring (bicyclic) bond motifs is 2. The Kier molecular flexibility index (Phi) is 13.1. The predicted molar refractivity (Wildman–Crippen MR) is 314 cm³/mol. The summed E-state index contributed by atoms with van der Waals surface area (Å²) in [4.78, 5) is 4.82. The van der Waals surface area contributed by atoms with E-state index in [1.54, 1.807) is 0 Å². The largest absolute Gasteiger partial charge is 0.311 e. The SMILES string of the molecule is CCC1(c2ccc(N(c3ccc(-c4ccc(C)cc4)cc3)c3ccc(-c4ccc(N(c5ccc(-c6ccccc6)cc5)c5ccc(-c6ccccc6)c(-c6ccccc6)c5)cc4)cc3)cc2)CC2CCCC(C2)C1. The van der Waals surface area contributed by atoms with Crippen molar-refractivity contribution >= 4 is 34.1 Å². The van der Waals surface area contributed by atoms with Crippen molar-refractivity contribution in [2.45, 2.75) is 64.2 Å². The maximum absolute atomic E-state index is 2.46. The average molecular weight is 957 g/mol. The van der Waals surface area contributed by atoms with Crippen LogP contribution in [0.1, 0.15) is 63.0 Å². The average Bonchev–Trinajstić information content (AvgIpc) is 3.47. The van der Waals surface area contributed by atoms with Gasteiger partial charge in [-0.1, -0.05) is 214 Å². The van der Waals surface area contributed by atoms with E-state index in [-0.39, 0.29) is 5.41 Å². The number of nitrogens with zero attached hydrogens (tertiary/aromatic N) is 2. The molecule has 2 heteroatoms. The third-order valence-corrected chi connectivity index (χ3v) is 16.4. The zero-order valence-corrected chi connectivity index (χ0v) is 42.7. The lowest BCUT2D eigenvalue weighted by Crippen LogP contribution is -2.38. The molecular weight excluding hydrogens is 893 g/mol. The first-order valence-corrected chi connectivity index (χ1v) is 27.0. The number of aryl methyl sites for hydroxylation is 1. The van der Waals surface area contributed by atoms with Crippen LogP contribution in [0.15, 0.2) is 255 Å². The molecule has 2 atom stereocenters. The van der Waals surface area contributed by atoms with Crippen LogP contribution in [0.2, 0.25) is 0 Å². The number of hydrogen-bond acceptors (Lipinski definition) is 2. The van der Waals surface area contributed by atoms with Crippen LogP contribution in [-0.2, 0) is 5.41 Å². The minimum Gasteiger partial charge on any atom is -0.311 e. The van der Waals surface area contributed by atoms with Gasteiger partial charge in [-0.15, -0.1) is 0 Å². The Morgan fingerprint density at radius 1 is 0.351 bits per heavy atom. The van der Waals surface area contributed by atoms with Gasteiger partial charge < -0.3 is 9.80 Å². The van der Waals surface area contributed by atoms with Crippen LogP contribution in [0.3, 0.4) is 0 Å². The first-order valence-electron chi connectivity index (χ1n) is 27.0. The molecule has 0 radical (unpaired) electrons. The molecule has 0 saturated heterocycles. The standard InChI is InChI=1S/C72H64N2/c1-3-72(50-53-14-13-15-54(48-53)51-72)63-34-44-68(45-35-63)73(64-36-28-58(29-37-64)56-24-22-52(2)23-25-56)65-38-30-59(31-39-65)60-32-42-67(43-33-60)74(66-40-26-57(27-41-66)55-16-7-4-8-17-55)69-46-47-70(61-18-9-5-10-19-61)71(49-69)62-20-11-6-12-21-62/h4-12,16-47,49,53-54H,3,13-15,48,50-51H2,1-2H3. The molecule has 2 nitrogen and oxygen atoms in total. The van der Waals surface area contributed by atoms with Crippen LogP contribution < -0.4 is 9.80 Å². The summed E-state index contributed by atoms with van der Waals surface area (Å²) in [6.45, 7) is 4.58. The summed E-state index contributed by atoms with van der Waals surface area (Å²) in [5, 5.41) is 0. The highest BCUT2D eigenvalue weighted by molar-refractivity contribution is 5.89. The molecular formula is C72H64N2. The van der Waals surface area contributed by atoms with E-state index in [1.807, 2.05) is 0 Å². The summed E-state index contributed by atoms with van der Waals surface area (Å²) in [7, 11) is 0. The number of rotatable bonds is 13. The third kappa shape index (κ3) is 9.61. The second-order valence-corrected chi connectivity index (χ2v) is 21.0. The molecule has 2 aliphatic carbocycles. The van der Waals surface area contributed by atoms with E-state index in [2.05, 4.69) is 278 Å². The molecule has 10 aromatic rings. The van der Waals surface area contributed by atoms with Gasteiger partial charge in [-0.2, -0.15) is 0 Å². The fraction of sp³-hybridized carbons (Fsp3) is 0.167. The van der Waals surface area contributed by atoms with E-state index in [0.29, 0.717) is 0 Å². The minimum absolute atomic E-state index is 0.284. The Morgan fingerprint density at radius 3 is 1.11 bits per heavy atom. The van der Waals surface area contributed by atoms with E-state index in [9.17, 15) is 0 Å². The fourth-order valence-electron chi connectivity index (χ4n) is 12.5. The van der Waals surface area contributed by atoms with Gasteiger partial charge in [0.2, 0.25) is 0 Å². The van der Waals surface area contributed by atoms with Gasteiger partial charge in [0.15, 0.2) is 0 Å². The van der Waals surface area contributed by atoms with Crippen LogP contribution in [0.25, 0.3) is 55.6 Å². The van der Waals surface area contributed by atoms with E-state index in [1.165, 1.54) is 117 Å². The Balaban J connectivity index is 0.884. The fourth-order valence-corrected chi connectivity index (χ4v) is 12.5. The van der Waals surface area contributed by atoms with E-state index in [4.69, 9.17) is 0 Å². The highest BCUT2D eigenvalue weighted by Gasteiger charge is 2.42. The van der Waals surface area contributed by atoms with Gasteiger partial charge in [-0.05, 0) is 184 Å². The molecule has 10 aromatic carbocycles. The summed E-state index contributed by atoms with van der Waals surface area (Å²) in [5.41, 5.74) is 21.8. The number of anilines is 6. The zero-order chi connectivity index (χ0) is 49.8. The summed E-state index contributed by atoms with van der Waals surface area (Å²) in [6, 6.07) is 93.9. The van der Waals surface area contributed by atoms with Gasteiger partial charge in [0.1, 0.15) is 0 Å². The highest BCUT2D eigenvalue weighted by Crippen LogP contribution is 2.52. The monoisotopic (exact) mass is 957 g/mol. The molecule has 74 heavy (non-hydrogen) atoms. The smallest absolute Gasteiger partial charge is 0.0468 e. The second kappa shape index (κ2) is 20.7. The van der Waals surface area contributed by atoms with Crippen molar-refractivity contribution in [3.63, 3.8) is 0 Å². The van der Waals surface area contributed by atoms with Gasteiger partial charge in [0, 0.05) is 34.1 Å². The van der Waals surface area contributed by atoms with Crippen LogP contribution in [0.4, 0.5) is 34.1 Å². The van der Waals surface area contributed by atoms with Gasteiger partial charge in [0.05, 0.1) is 0 Å². The Morgan fingerprint density at radius 2 is 0.689 bits per heavy atom. The van der Waals surface area contributed by atoms with E-state index < -0.39 is 0 Å². The molecule has 362 valence electrons.